The molecule has 0 spiro atoms. The number of nitrogens with zero attached hydrogens (tertiary/aromatic N) is 1. The third-order valence-electron chi connectivity index (χ3n) is 1.55. The molecule has 4 heteroatoms. The van der Waals surface area contributed by atoms with Crippen LogP contribution in [0.5, 0.6) is 0 Å². The molecule has 13 heavy (non-hydrogen) atoms. The number of hydrogen-bond donors (Lipinski definition) is 1. The minimum Gasteiger partial charge on any atom is -0.619 e. The summed E-state index contributed by atoms with van der Waals surface area (Å²) in [6, 6.07) is 3.11. The Bertz CT molecular complexity index is 340. The van der Waals surface area contributed by atoms with Crippen molar-refractivity contribution >= 4 is 12.0 Å². The van der Waals surface area contributed by atoms with Gasteiger partial charge in [0.2, 0.25) is 0 Å². The lowest BCUT2D eigenvalue weighted by molar-refractivity contribution is -0.605. The highest BCUT2D eigenvalue weighted by molar-refractivity contribution is 5.91. The minimum absolute atomic E-state index is 0.239. The topological polar surface area (TPSA) is 64.2 Å². The molecule has 0 aliphatic rings. The molecule has 0 aliphatic heterocycles. The Morgan fingerprint density at radius 1 is 1.54 bits per heavy atom. The summed E-state index contributed by atoms with van der Waals surface area (Å²) in [4.78, 5) is 10.4. The monoisotopic (exact) mass is 179 g/mol. The average molecular weight is 179 g/mol. The van der Waals surface area contributed by atoms with E-state index in [1.54, 1.807) is 12.1 Å². The lowest BCUT2D eigenvalue weighted by Crippen LogP contribution is -2.23. The molecule has 0 saturated heterocycles. The van der Waals surface area contributed by atoms with Crippen LogP contribution in [-0.2, 0) is 4.79 Å². The predicted molar refractivity (Wildman–Crippen MR) is 46.7 cm³/mol. The zero-order valence-electron chi connectivity index (χ0n) is 7.10. The fraction of sp³-hybridized carbons (Fsp3) is 0.111. The third kappa shape index (κ3) is 2.59. The van der Waals surface area contributed by atoms with Gasteiger partial charge in [0, 0.05) is 17.7 Å². The number of carboxylic acids is 1. The molecule has 1 aromatic rings. The molecule has 0 atom stereocenters. The highest BCUT2D eigenvalue weighted by atomic mass is 16.5. The highest BCUT2D eigenvalue weighted by Gasteiger charge is 1.99. The van der Waals surface area contributed by atoms with Gasteiger partial charge in [0.05, 0.1) is 0 Å². The lowest BCUT2D eigenvalue weighted by atomic mass is 10.2. The second kappa shape index (κ2) is 3.71. The number of hydrogen-bond acceptors (Lipinski definition) is 2. The van der Waals surface area contributed by atoms with Gasteiger partial charge >= 0.3 is 5.97 Å². The van der Waals surface area contributed by atoms with Crippen LogP contribution in [0.4, 0.5) is 0 Å². The van der Waals surface area contributed by atoms with Crippen LogP contribution in [0.1, 0.15) is 12.5 Å². The number of aliphatic carboxylic acids is 1. The molecule has 0 fully saturated rings. The van der Waals surface area contributed by atoms with Gasteiger partial charge in [-0.1, -0.05) is 0 Å². The van der Waals surface area contributed by atoms with Crippen LogP contribution >= 0.6 is 0 Å². The maximum atomic E-state index is 10.6. The summed E-state index contributed by atoms with van der Waals surface area (Å²) in [6.07, 6.45) is 4.14. The Morgan fingerprint density at radius 3 is 2.54 bits per heavy atom. The first-order valence-electron chi connectivity index (χ1n) is 3.70. The summed E-state index contributed by atoms with van der Waals surface area (Å²) >= 11 is 0. The van der Waals surface area contributed by atoms with Gasteiger partial charge in [-0.3, -0.25) is 0 Å². The number of carboxylic acid groups (broad SMARTS) is 1. The van der Waals surface area contributed by atoms with Gasteiger partial charge in [0.25, 0.3) is 0 Å². The molecule has 68 valence electrons. The fourth-order valence-corrected chi connectivity index (χ4v) is 0.832. The second-order valence-corrected chi connectivity index (χ2v) is 2.62. The smallest absolute Gasteiger partial charge is 0.331 e. The second-order valence-electron chi connectivity index (χ2n) is 2.62. The van der Waals surface area contributed by atoms with E-state index in [-0.39, 0.29) is 5.57 Å². The molecule has 0 bridgehead atoms. The van der Waals surface area contributed by atoms with Crippen molar-refractivity contribution in [3.63, 3.8) is 0 Å². The van der Waals surface area contributed by atoms with E-state index >= 15 is 0 Å². The summed E-state index contributed by atoms with van der Waals surface area (Å²) in [7, 11) is 0. The van der Waals surface area contributed by atoms with Crippen molar-refractivity contribution < 1.29 is 14.6 Å². The van der Waals surface area contributed by atoms with Crippen LogP contribution in [-0.4, -0.2) is 11.1 Å². The zero-order valence-corrected chi connectivity index (χ0v) is 7.10. The van der Waals surface area contributed by atoms with Crippen molar-refractivity contribution in [2.24, 2.45) is 0 Å². The molecule has 4 nitrogen and oxygen atoms in total. The first-order chi connectivity index (χ1) is 6.09. The van der Waals surface area contributed by atoms with E-state index in [1.807, 2.05) is 0 Å². The SMILES string of the molecule is C/C(=C\c1cc[n+]([O-])cc1)C(=O)O. The van der Waals surface area contributed by atoms with Crippen molar-refractivity contribution in [3.05, 3.63) is 40.9 Å². The van der Waals surface area contributed by atoms with E-state index in [0.717, 1.165) is 0 Å². The van der Waals surface area contributed by atoms with Crippen LogP contribution in [0.2, 0.25) is 0 Å². The van der Waals surface area contributed by atoms with Gasteiger partial charge in [-0.25, -0.2) is 4.79 Å². The summed E-state index contributed by atoms with van der Waals surface area (Å²) in [5.41, 5.74) is 0.940. The molecule has 0 unspecified atom stereocenters. The zero-order chi connectivity index (χ0) is 9.84. The first kappa shape index (κ1) is 9.25. The van der Waals surface area contributed by atoms with Crippen LogP contribution in [0.15, 0.2) is 30.1 Å². The molecule has 0 amide bonds. The Kier molecular flexibility index (Phi) is 2.64. The molecule has 1 heterocycles. The van der Waals surface area contributed by atoms with Gasteiger partial charge in [0.15, 0.2) is 12.4 Å². The summed E-state index contributed by atoms with van der Waals surface area (Å²) in [5, 5.41) is 19.2. The fourth-order valence-electron chi connectivity index (χ4n) is 0.832. The lowest BCUT2D eigenvalue weighted by Gasteiger charge is -1.96. The quantitative estimate of drug-likeness (QED) is 0.415. The molecule has 1 N–H and O–H groups in total. The summed E-state index contributed by atoms with van der Waals surface area (Å²) < 4.78 is 0.646. The Hall–Kier alpha value is -1.84. The first-order valence-corrected chi connectivity index (χ1v) is 3.70. The van der Waals surface area contributed by atoms with E-state index in [1.165, 1.54) is 25.4 Å². The van der Waals surface area contributed by atoms with Crippen molar-refractivity contribution in [2.75, 3.05) is 0 Å². The maximum absolute atomic E-state index is 10.6. The largest absolute Gasteiger partial charge is 0.619 e. The van der Waals surface area contributed by atoms with Crippen molar-refractivity contribution in [1.29, 1.82) is 0 Å². The molecule has 1 aromatic heterocycles. The normalized spacial score (nSPS) is 11.3. The van der Waals surface area contributed by atoms with Crippen LogP contribution in [0, 0.1) is 5.21 Å². The van der Waals surface area contributed by atoms with Crippen molar-refractivity contribution in [1.82, 2.24) is 0 Å². The van der Waals surface area contributed by atoms with Gasteiger partial charge in [-0.15, -0.1) is 0 Å². The number of carbonyl (C=O) groups is 1. The molecular weight excluding hydrogens is 170 g/mol. The molecule has 0 aromatic carbocycles. The average Bonchev–Trinajstić information content (AvgIpc) is 2.08. The Labute approximate surface area is 75.3 Å². The molecule has 0 radical (unpaired) electrons. The number of pyridine rings is 1. The van der Waals surface area contributed by atoms with E-state index in [0.29, 0.717) is 10.3 Å². The van der Waals surface area contributed by atoms with Gasteiger partial charge in [-0.2, -0.15) is 4.73 Å². The molecule has 1 rings (SSSR count). The summed E-state index contributed by atoms with van der Waals surface area (Å²) in [5.74, 6) is -0.959. The molecular formula is C9H9NO3. The van der Waals surface area contributed by atoms with E-state index in [2.05, 4.69) is 0 Å². The molecule has 0 aliphatic carbocycles. The minimum atomic E-state index is -0.959. The molecule has 0 saturated carbocycles. The third-order valence-corrected chi connectivity index (χ3v) is 1.55. The van der Waals surface area contributed by atoms with Crippen molar-refractivity contribution in [3.8, 4) is 0 Å². The van der Waals surface area contributed by atoms with E-state index in [9.17, 15) is 10.0 Å². The predicted octanol–water partition coefficient (Wildman–Crippen LogP) is 0.808. The van der Waals surface area contributed by atoms with Crippen LogP contribution < -0.4 is 4.73 Å². The maximum Gasteiger partial charge on any atom is 0.331 e. The Balaban J connectivity index is 2.92. The van der Waals surface area contributed by atoms with Crippen LogP contribution in [0.3, 0.4) is 0 Å². The van der Waals surface area contributed by atoms with Gasteiger partial charge in [-0.05, 0) is 18.6 Å². The van der Waals surface area contributed by atoms with Crippen molar-refractivity contribution in [2.45, 2.75) is 6.92 Å². The van der Waals surface area contributed by atoms with E-state index < -0.39 is 5.97 Å². The number of rotatable bonds is 2. The highest BCUT2D eigenvalue weighted by Crippen LogP contribution is 2.03. The van der Waals surface area contributed by atoms with E-state index in [4.69, 9.17) is 5.11 Å². The Morgan fingerprint density at radius 2 is 2.08 bits per heavy atom. The number of aromatic nitrogens is 1. The van der Waals surface area contributed by atoms with Gasteiger partial charge in [0.1, 0.15) is 0 Å². The summed E-state index contributed by atoms with van der Waals surface area (Å²) in [6.45, 7) is 1.50. The standard InChI is InChI=1S/C9H9NO3/c1-7(9(11)12)6-8-2-4-10(13)5-3-8/h2-6H,1H3,(H,11,12)/b7-6+. The van der Waals surface area contributed by atoms with Gasteiger partial charge < -0.3 is 10.3 Å². The van der Waals surface area contributed by atoms with Crippen LogP contribution in [0.25, 0.3) is 6.08 Å².